The number of halogens is 1. The fraction of sp³-hybridized carbons (Fsp3) is 0.545. The molecule has 7 nitrogen and oxygen atoms in total. The van der Waals surface area contributed by atoms with E-state index >= 15 is 0 Å². The van der Waals surface area contributed by atoms with Crippen LogP contribution in [0.1, 0.15) is 30.1 Å². The third kappa shape index (κ3) is 5.15. The Bertz CT molecular complexity index is 820. The summed E-state index contributed by atoms with van der Waals surface area (Å²) in [6.45, 7) is 4.73. The number of ether oxygens (including phenoxy) is 2. The Morgan fingerprint density at radius 2 is 2.00 bits per heavy atom. The Morgan fingerprint density at radius 3 is 2.67 bits per heavy atom. The fourth-order valence-electron chi connectivity index (χ4n) is 4.35. The molecule has 2 aromatic rings. The number of aryl methyl sites for hydroxylation is 1. The van der Waals surface area contributed by atoms with E-state index in [1.54, 1.807) is 0 Å². The molecule has 2 saturated heterocycles. The van der Waals surface area contributed by atoms with E-state index in [-0.39, 0.29) is 35.5 Å². The second-order valence-electron chi connectivity index (χ2n) is 7.91. The van der Waals surface area contributed by atoms with E-state index < -0.39 is 0 Å². The molecular formula is C22H32IN5O2. The topological polar surface area (TPSA) is 63.9 Å². The lowest BCUT2D eigenvalue weighted by molar-refractivity contribution is -0.00835. The first-order valence-corrected chi connectivity index (χ1v) is 10.4. The fourth-order valence-corrected chi connectivity index (χ4v) is 4.35. The molecule has 0 bridgehead atoms. The third-order valence-electron chi connectivity index (χ3n) is 6.10. The van der Waals surface area contributed by atoms with Crippen LogP contribution in [0.4, 0.5) is 0 Å². The van der Waals surface area contributed by atoms with Crippen molar-refractivity contribution in [1.29, 1.82) is 0 Å². The van der Waals surface area contributed by atoms with Gasteiger partial charge >= 0.3 is 0 Å². The molecule has 0 aliphatic carbocycles. The van der Waals surface area contributed by atoms with Crippen LogP contribution in [-0.4, -0.2) is 67.1 Å². The van der Waals surface area contributed by atoms with Gasteiger partial charge < -0.3 is 19.7 Å². The summed E-state index contributed by atoms with van der Waals surface area (Å²) in [5.41, 5.74) is 2.56. The minimum absolute atomic E-state index is 0. The highest BCUT2D eigenvalue weighted by Crippen LogP contribution is 2.34. The summed E-state index contributed by atoms with van der Waals surface area (Å²) >= 11 is 0. The Hall–Kier alpha value is -1.65. The Labute approximate surface area is 195 Å². The van der Waals surface area contributed by atoms with Gasteiger partial charge in [0.1, 0.15) is 6.10 Å². The van der Waals surface area contributed by atoms with Gasteiger partial charge in [0.05, 0.1) is 19.3 Å². The Morgan fingerprint density at radius 1 is 1.23 bits per heavy atom. The summed E-state index contributed by atoms with van der Waals surface area (Å²) in [7, 11) is 3.79. The van der Waals surface area contributed by atoms with Gasteiger partial charge in [-0.05, 0) is 18.4 Å². The summed E-state index contributed by atoms with van der Waals surface area (Å²) in [4.78, 5) is 6.87. The smallest absolute Gasteiger partial charge is 0.193 e. The summed E-state index contributed by atoms with van der Waals surface area (Å²) in [6, 6.07) is 10.8. The number of benzene rings is 1. The first-order valence-electron chi connectivity index (χ1n) is 10.4. The number of rotatable bonds is 4. The molecule has 1 N–H and O–H groups in total. The van der Waals surface area contributed by atoms with Crippen molar-refractivity contribution in [2.75, 3.05) is 46.5 Å². The van der Waals surface area contributed by atoms with Crippen LogP contribution in [0.15, 0.2) is 47.7 Å². The molecule has 8 heteroatoms. The maximum atomic E-state index is 5.99. The number of guanidine groups is 1. The molecule has 2 aliphatic rings. The van der Waals surface area contributed by atoms with Crippen molar-refractivity contribution in [2.45, 2.75) is 24.4 Å². The molecule has 0 saturated carbocycles. The quantitative estimate of drug-likeness (QED) is 0.378. The SMILES string of the molecule is CN=C(NCC1(c2ccccc2)CCOCC1)N1CCOC(c2cnn(C)c2)C1.I. The van der Waals surface area contributed by atoms with E-state index in [1.807, 2.05) is 31.2 Å². The average Bonchev–Trinajstić information content (AvgIpc) is 3.22. The molecule has 0 amide bonds. The normalized spacial score (nSPS) is 21.7. The standard InChI is InChI=1S/C22H31N5O2.HI/c1-23-21(27-10-13-29-20(16-27)18-14-25-26(2)15-18)24-17-22(8-11-28-12-9-22)19-6-4-3-5-7-19;/h3-7,14-15,20H,8-13,16-17H2,1-2H3,(H,23,24);1H. The number of nitrogens with zero attached hydrogens (tertiary/aromatic N) is 4. The van der Waals surface area contributed by atoms with Gasteiger partial charge in [0.25, 0.3) is 0 Å². The summed E-state index contributed by atoms with van der Waals surface area (Å²) in [6.07, 6.45) is 5.96. The van der Waals surface area contributed by atoms with E-state index in [4.69, 9.17) is 9.47 Å². The largest absolute Gasteiger partial charge is 0.381 e. The van der Waals surface area contributed by atoms with E-state index in [0.29, 0.717) is 6.61 Å². The van der Waals surface area contributed by atoms with Gasteiger partial charge in [0, 0.05) is 57.6 Å². The van der Waals surface area contributed by atoms with E-state index in [2.05, 4.69) is 50.6 Å². The zero-order valence-electron chi connectivity index (χ0n) is 17.8. The number of hydrogen-bond acceptors (Lipinski definition) is 4. The molecule has 2 fully saturated rings. The number of morpholine rings is 1. The van der Waals surface area contributed by atoms with Crippen molar-refractivity contribution in [1.82, 2.24) is 20.0 Å². The first kappa shape index (κ1) is 23.0. The lowest BCUT2D eigenvalue weighted by Crippen LogP contribution is -2.52. The molecule has 4 rings (SSSR count). The van der Waals surface area contributed by atoms with Crippen molar-refractivity contribution in [3.05, 3.63) is 53.9 Å². The molecule has 1 atom stereocenters. The van der Waals surface area contributed by atoms with Gasteiger partial charge in [0.15, 0.2) is 5.96 Å². The number of nitrogens with one attached hydrogen (secondary N) is 1. The van der Waals surface area contributed by atoms with E-state index in [9.17, 15) is 0 Å². The molecular weight excluding hydrogens is 493 g/mol. The molecule has 30 heavy (non-hydrogen) atoms. The maximum Gasteiger partial charge on any atom is 0.193 e. The Balaban J connectivity index is 0.00000256. The van der Waals surface area contributed by atoms with Crippen LogP contribution in [0.25, 0.3) is 0 Å². The highest BCUT2D eigenvalue weighted by Gasteiger charge is 2.35. The van der Waals surface area contributed by atoms with Gasteiger partial charge in [-0.15, -0.1) is 24.0 Å². The van der Waals surface area contributed by atoms with Gasteiger partial charge in [0.2, 0.25) is 0 Å². The van der Waals surface area contributed by atoms with E-state index in [1.165, 1.54) is 5.56 Å². The van der Waals surface area contributed by atoms with Crippen LogP contribution in [0, 0.1) is 0 Å². The predicted octanol–water partition coefficient (Wildman–Crippen LogP) is 2.74. The van der Waals surface area contributed by atoms with Gasteiger partial charge in [-0.25, -0.2) is 0 Å². The molecule has 3 heterocycles. The van der Waals surface area contributed by atoms with E-state index in [0.717, 1.165) is 57.2 Å². The number of aliphatic imine (C=N–C) groups is 1. The predicted molar refractivity (Wildman–Crippen MR) is 128 cm³/mol. The van der Waals surface area contributed by atoms with Gasteiger partial charge in [-0.2, -0.15) is 5.10 Å². The van der Waals surface area contributed by atoms with Crippen molar-refractivity contribution < 1.29 is 9.47 Å². The molecule has 164 valence electrons. The summed E-state index contributed by atoms with van der Waals surface area (Å²) in [5.74, 6) is 0.934. The molecule has 0 radical (unpaired) electrons. The van der Waals surface area contributed by atoms with Crippen molar-refractivity contribution >= 4 is 29.9 Å². The molecule has 1 unspecified atom stereocenters. The second kappa shape index (κ2) is 10.6. The zero-order valence-corrected chi connectivity index (χ0v) is 20.1. The first-order chi connectivity index (χ1) is 14.2. The summed E-state index contributed by atoms with van der Waals surface area (Å²) < 4.78 is 13.5. The monoisotopic (exact) mass is 525 g/mol. The highest BCUT2D eigenvalue weighted by molar-refractivity contribution is 14.0. The molecule has 1 aromatic carbocycles. The number of hydrogen-bond donors (Lipinski definition) is 1. The Kier molecular flexibility index (Phi) is 8.13. The number of aromatic nitrogens is 2. The van der Waals surface area contributed by atoms with Crippen molar-refractivity contribution in [2.24, 2.45) is 12.0 Å². The van der Waals surface area contributed by atoms with Crippen LogP contribution in [0.3, 0.4) is 0 Å². The lowest BCUT2D eigenvalue weighted by atomic mass is 9.74. The van der Waals surface area contributed by atoms with Crippen LogP contribution in [-0.2, 0) is 21.9 Å². The summed E-state index contributed by atoms with van der Waals surface area (Å²) in [5, 5.41) is 7.95. The van der Waals surface area contributed by atoms with Crippen LogP contribution < -0.4 is 5.32 Å². The second-order valence-corrected chi connectivity index (χ2v) is 7.91. The van der Waals surface area contributed by atoms with Gasteiger partial charge in [-0.1, -0.05) is 30.3 Å². The van der Waals surface area contributed by atoms with Crippen molar-refractivity contribution in [3.8, 4) is 0 Å². The van der Waals surface area contributed by atoms with Gasteiger partial charge in [-0.3, -0.25) is 9.67 Å². The zero-order chi connectivity index (χ0) is 20.1. The van der Waals surface area contributed by atoms with Crippen LogP contribution in [0.5, 0.6) is 0 Å². The minimum atomic E-state index is 0. The highest BCUT2D eigenvalue weighted by atomic mass is 127. The van der Waals surface area contributed by atoms with Crippen LogP contribution >= 0.6 is 24.0 Å². The van der Waals surface area contributed by atoms with Crippen molar-refractivity contribution in [3.63, 3.8) is 0 Å². The maximum absolute atomic E-state index is 5.99. The minimum Gasteiger partial charge on any atom is -0.381 e. The lowest BCUT2D eigenvalue weighted by Gasteiger charge is -2.40. The average molecular weight is 525 g/mol. The molecule has 2 aliphatic heterocycles. The molecule has 1 aromatic heterocycles. The van der Waals surface area contributed by atoms with Crippen LogP contribution in [0.2, 0.25) is 0 Å². The third-order valence-corrected chi connectivity index (χ3v) is 6.10. The molecule has 0 spiro atoms.